The van der Waals surface area contributed by atoms with Gasteiger partial charge in [-0.05, 0) is 24.5 Å². The van der Waals surface area contributed by atoms with Crippen LogP contribution >= 0.6 is 11.5 Å². The molecule has 0 radical (unpaired) electrons. The smallest absolute Gasteiger partial charge is 0.0669 e. The van der Waals surface area contributed by atoms with E-state index in [-0.39, 0.29) is 0 Å². The number of nitrogens with zero attached hydrogens (tertiary/aromatic N) is 2. The molecule has 1 aromatic rings. The Morgan fingerprint density at radius 3 is 2.44 bits per heavy atom. The third-order valence-corrected chi connectivity index (χ3v) is 4.05. The summed E-state index contributed by atoms with van der Waals surface area (Å²) in [6.07, 6.45) is 12.7. The van der Waals surface area contributed by atoms with Crippen LogP contribution < -0.4 is 5.32 Å². The summed E-state index contributed by atoms with van der Waals surface area (Å²) in [6, 6.07) is 0.464. The minimum Gasteiger partial charge on any atom is -0.309 e. The van der Waals surface area contributed by atoms with Crippen molar-refractivity contribution >= 4 is 11.5 Å². The summed E-state index contributed by atoms with van der Waals surface area (Å²) < 4.78 is 3.96. The van der Waals surface area contributed by atoms with Crippen LogP contribution in [-0.4, -0.2) is 16.1 Å². The maximum atomic E-state index is 3.96. The molecule has 18 heavy (non-hydrogen) atoms. The molecule has 1 N–H and O–H groups in total. The van der Waals surface area contributed by atoms with Gasteiger partial charge < -0.3 is 5.32 Å². The molecule has 1 unspecified atom stereocenters. The zero-order valence-corrected chi connectivity index (χ0v) is 12.6. The average Bonchev–Trinajstić information content (AvgIpc) is 2.90. The largest absolute Gasteiger partial charge is 0.309 e. The Morgan fingerprint density at radius 2 is 1.83 bits per heavy atom. The van der Waals surface area contributed by atoms with Crippen molar-refractivity contribution in [1.29, 1.82) is 0 Å². The Morgan fingerprint density at radius 1 is 1.11 bits per heavy atom. The molecule has 1 heterocycles. The summed E-state index contributed by atoms with van der Waals surface area (Å²) in [7, 11) is 0. The van der Waals surface area contributed by atoms with E-state index in [2.05, 4.69) is 28.8 Å². The fourth-order valence-corrected chi connectivity index (χ4v) is 2.84. The molecular weight excluding hydrogens is 242 g/mol. The number of hydrogen-bond acceptors (Lipinski definition) is 4. The van der Waals surface area contributed by atoms with E-state index in [1.54, 1.807) is 0 Å². The molecule has 0 spiro atoms. The van der Waals surface area contributed by atoms with Crippen LogP contribution in [0.25, 0.3) is 0 Å². The maximum absolute atomic E-state index is 3.96. The van der Waals surface area contributed by atoms with Gasteiger partial charge in [-0.15, -0.1) is 5.10 Å². The molecule has 0 bridgehead atoms. The Hall–Kier alpha value is -0.480. The molecule has 1 rings (SSSR count). The zero-order valence-electron chi connectivity index (χ0n) is 11.8. The minimum absolute atomic E-state index is 0.464. The Bertz CT molecular complexity index is 275. The molecule has 0 aliphatic rings. The van der Waals surface area contributed by atoms with Gasteiger partial charge in [0.1, 0.15) is 0 Å². The van der Waals surface area contributed by atoms with Gasteiger partial charge in [0.2, 0.25) is 0 Å². The van der Waals surface area contributed by atoms with Crippen molar-refractivity contribution in [2.24, 2.45) is 0 Å². The molecule has 4 heteroatoms. The van der Waals surface area contributed by atoms with Gasteiger partial charge in [-0.1, -0.05) is 63.3 Å². The quantitative estimate of drug-likeness (QED) is 0.608. The van der Waals surface area contributed by atoms with Gasteiger partial charge in [-0.2, -0.15) is 0 Å². The molecule has 0 aliphatic heterocycles. The van der Waals surface area contributed by atoms with E-state index in [0.717, 1.165) is 6.54 Å². The van der Waals surface area contributed by atoms with E-state index >= 15 is 0 Å². The predicted octanol–water partition coefficient (Wildman–Crippen LogP) is 4.33. The summed E-state index contributed by atoms with van der Waals surface area (Å²) in [5.41, 5.74) is 0. The minimum atomic E-state index is 0.464. The number of rotatable bonds is 11. The number of nitrogens with one attached hydrogen (secondary N) is 1. The molecule has 0 amide bonds. The molecule has 1 atom stereocenters. The standard InChI is InChI=1S/C14H27N3S/c1-3-5-6-7-8-9-10-11-13(15-4-2)14-12-16-17-18-14/h12-13,15H,3-11H2,1-2H3. The van der Waals surface area contributed by atoms with E-state index < -0.39 is 0 Å². The van der Waals surface area contributed by atoms with Crippen molar-refractivity contribution in [2.75, 3.05) is 6.54 Å². The van der Waals surface area contributed by atoms with Crippen molar-refractivity contribution in [2.45, 2.75) is 71.3 Å². The highest BCUT2D eigenvalue weighted by Gasteiger charge is 2.11. The van der Waals surface area contributed by atoms with Gasteiger partial charge in [0.15, 0.2) is 0 Å². The third-order valence-electron chi connectivity index (χ3n) is 3.27. The second kappa shape index (κ2) is 10.4. The van der Waals surface area contributed by atoms with Crippen LogP contribution in [0, 0.1) is 0 Å². The van der Waals surface area contributed by atoms with E-state index in [1.165, 1.54) is 67.8 Å². The third kappa shape index (κ3) is 6.45. The average molecular weight is 269 g/mol. The summed E-state index contributed by atoms with van der Waals surface area (Å²) in [5.74, 6) is 0. The van der Waals surface area contributed by atoms with Gasteiger partial charge in [0, 0.05) is 6.04 Å². The second-order valence-corrected chi connectivity index (χ2v) is 5.66. The van der Waals surface area contributed by atoms with Crippen molar-refractivity contribution in [1.82, 2.24) is 14.9 Å². The summed E-state index contributed by atoms with van der Waals surface area (Å²) in [4.78, 5) is 1.28. The van der Waals surface area contributed by atoms with Crippen LogP contribution in [-0.2, 0) is 0 Å². The van der Waals surface area contributed by atoms with E-state index in [9.17, 15) is 0 Å². The monoisotopic (exact) mass is 269 g/mol. The van der Waals surface area contributed by atoms with Gasteiger partial charge in [-0.3, -0.25) is 0 Å². The number of unbranched alkanes of at least 4 members (excludes halogenated alkanes) is 6. The normalized spacial score (nSPS) is 12.8. The van der Waals surface area contributed by atoms with Crippen LogP contribution in [0.15, 0.2) is 6.20 Å². The van der Waals surface area contributed by atoms with Crippen molar-refractivity contribution < 1.29 is 0 Å². The summed E-state index contributed by atoms with van der Waals surface area (Å²) in [6.45, 7) is 5.44. The highest BCUT2D eigenvalue weighted by atomic mass is 32.1. The topological polar surface area (TPSA) is 37.8 Å². The van der Waals surface area contributed by atoms with Crippen LogP contribution in [0.1, 0.15) is 76.1 Å². The molecule has 0 fully saturated rings. The molecule has 3 nitrogen and oxygen atoms in total. The number of aromatic nitrogens is 2. The van der Waals surface area contributed by atoms with Gasteiger partial charge >= 0.3 is 0 Å². The van der Waals surface area contributed by atoms with Crippen molar-refractivity contribution in [3.63, 3.8) is 0 Å². The highest BCUT2D eigenvalue weighted by molar-refractivity contribution is 7.05. The Labute approximate surface area is 116 Å². The fourth-order valence-electron chi connectivity index (χ4n) is 2.23. The molecule has 0 saturated heterocycles. The van der Waals surface area contributed by atoms with Crippen LogP contribution in [0.5, 0.6) is 0 Å². The van der Waals surface area contributed by atoms with Crippen LogP contribution in [0.3, 0.4) is 0 Å². The first-order valence-corrected chi connectivity index (χ1v) is 8.16. The summed E-state index contributed by atoms with van der Waals surface area (Å²) >= 11 is 1.52. The first-order chi connectivity index (χ1) is 8.88. The summed E-state index contributed by atoms with van der Waals surface area (Å²) in [5, 5.41) is 7.46. The second-order valence-electron chi connectivity index (χ2n) is 4.84. The molecule has 1 aromatic heterocycles. The molecular formula is C14H27N3S. The lowest BCUT2D eigenvalue weighted by Crippen LogP contribution is -2.19. The maximum Gasteiger partial charge on any atom is 0.0669 e. The van der Waals surface area contributed by atoms with Crippen LogP contribution in [0.4, 0.5) is 0 Å². The SMILES string of the molecule is CCCCCCCCCC(NCC)c1cnns1. The molecule has 0 saturated carbocycles. The fraction of sp³-hybridized carbons (Fsp3) is 0.857. The first-order valence-electron chi connectivity index (χ1n) is 7.39. The predicted molar refractivity (Wildman–Crippen MR) is 78.9 cm³/mol. The van der Waals surface area contributed by atoms with Gasteiger partial charge in [0.25, 0.3) is 0 Å². The number of hydrogen-bond donors (Lipinski definition) is 1. The molecule has 0 aliphatic carbocycles. The zero-order chi connectivity index (χ0) is 13.1. The van der Waals surface area contributed by atoms with Crippen molar-refractivity contribution in [3.05, 3.63) is 11.1 Å². The van der Waals surface area contributed by atoms with Crippen molar-refractivity contribution in [3.8, 4) is 0 Å². The Kier molecular flexibility index (Phi) is 9.04. The van der Waals surface area contributed by atoms with Gasteiger partial charge in [0.05, 0.1) is 11.1 Å². The van der Waals surface area contributed by atoms with E-state index in [0.29, 0.717) is 6.04 Å². The van der Waals surface area contributed by atoms with Gasteiger partial charge in [-0.25, -0.2) is 0 Å². The highest BCUT2D eigenvalue weighted by Crippen LogP contribution is 2.22. The first kappa shape index (κ1) is 15.6. The van der Waals surface area contributed by atoms with E-state index in [1.807, 2.05) is 6.20 Å². The molecule has 0 aromatic carbocycles. The lowest BCUT2D eigenvalue weighted by atomic mass is 10.0. The van der Waals surface area contributed by atoms with E-state index in [4.69, 9.17) is 0 Å². The Balaban J connectivity index is 2.11. The van der Waals surface area contributed by atoms with Crippen LogP contribution in [0.2, 0.25) is 0 Å². The lowest BCUT2D eigenvalue weighted by Gasteiger charge is -2.15. The molecule has 104 valence electrons. The lowest BCUT2D eigenvalue weighted by molar-refractivity contribution is 0.480.